The molecule has 476 valence electrons. The maximum Gasteiger partial charge on any atom is 0.306 e. The zero-order valence-electron chi connectivity index (χ0n) is 54.7. The van der Waals surface area contributed by atoms with Gasteiger partial charge in [0.2, 0.25) is 0 Å². The van der Waals surface area contributed by atoms with Gasteiger partial charge in [-0.3, -0.25) is 14.4 Å². The summed E-state index contributed by atoms with van der Waals surface area (Å²) in [6.45, 7) is 6.41. The lowest BCUT2D eigenvalue weighted by Crippen LogP contribution is -2.30. The molecule has 83 heavy (non-hydrogen) atoms. The van der Waals surface area contributed by atoms with Gasteiger partial charge in [-0.1, -0.05) is 336 Å². The van der Waals surface area contributed by atoms with Gasteiger partial charge >= 0.3 is 17.9 Å². The SMILES string of the molecule is CC/C=C\C/C=C\C/C=C\C/C=C\C/C=C\CCCC(=O)OC(COC(=O)CCCCCCCCCCCCCCCCC)COC(=O)CCCCCCCCCCCCCCCCCCCCCC/C=C\C/C=C\C/C=C\C/C=C\CC. The summed E-state index contributed by atoms with van der Waals surface area (Å²) >= 11 is 0. The third kappa shape index (κ3) is 68.7. The normalized spacial score (nSPS) is 12.8. The summed E-state index contributed by atoms with van der Waals surface area (Å²) in [5, 5.41) is 0. The van der Waals surface area contributed by atoms with Gasteiger partial charge in [-0.05, 0) is 96.3 Å². The maximum atomic E-state index is 12.9. The minimum Gasteiger partial charge on any atom is -0.462 e. The van der Waals surface area contributed by atoms with Crippen LogP contribution in [-0.2, 0) is 28.6 Å². The molecule has 0 aromatic heterocycles. The molecule has 0 spiro atoms. The molecule has 1 unspecified atom stereocenters. The average molecular weight is 1150 g/mol. The summed E-state index contributed by atoms with van der Waals surface area (Å²) in [4.78, 5) is 38.4. The predicted molar refractivity (Wildman–Crippen MR) is 362 cm³/mol. The van der Waals surface area contributed by atoms with Crippen molar-refractivity contribution in [1.82, 2.24) is 0 Å². The van der Waals surface area contributed by atoms with Gasteiger partial charge in [0.15, 0.2) is 6.10 Å². The second-order valence-corrected chi connectivity index (χ2v) is 23.4. The van der Waals surface area contributed by atoms with Crippen LogP contribution in [0, 0.1) is 0 Å². The zero-order valence-corrected chi connectivity index (χ0v) is 54.7. The van der Waals surface area contributed by atoms with Gasteiger partial charge in [-0.25, -0.2) is 0 Å². The molecule has 0 N–H and O–H groups in total. The number of carbonyl (C=O) groups is 3. The van der Waals surface area contributed by atoms with E-state index in [1.165, 1.54) is 193 Å². The van der Waals surface area contributed by atoms with Crippen molar-refractivity contribution in [2.75, 3.05) is 13.2 Å². The third-order valence-corrected chi connectivity index (χ3v) is 15.3. The van der Waals surface area contributed by atoms with Crippen LogP contribution in [0.3, 0.4) is 0 Å². The van der Waals surface area contributed by atoms with Crippen LogP contribution in [0.15, 0.2) is 109 Å². The van der Waals surface area contributed by atoms with Gasteiger partial charge in [-0.2, -0.15) is 0 Å². The number of carbonyl (C=O) groups excluding carboxylic acids is 3. The van der Waals surface area contributed by atoms with Gasteiger partial charge in [-0.15, -0.1) is 0 Å². The number of ether oxygens (including phenoxy) is 3. The van der Waals surface area contributed by atoms with Crippen molar-refractivity contribution in [1.29, 1.82) is 0 Å². The Kier molecular flexibility index (Phi) is 67.2. The molecule has 0 aromatic rings. The fourth-order valence-corrected chi connectivity index (χ4v) is 10.1. The Morgan fingerprint density at radius 1 is 0.253 bits per heavy atom. The first-order chi connectivity index (χ1) is 41.0. The molecular formula is C77H132O6. The van der Waals surface area contributed by atoms with E-state index in [1.807, 2.05) is 0 Å². The highest BCUT2D eigenvalue weighted by atomic mass is 16.6. The van der Waals surface area contributed by atoms with Crippen molar-refractivity contribution in [2.24, 2.45) is 0 Å². The maximum absolute atomic E-state index is 12.9. The highest BCUT2D eigenvalue weighted by molar-refractivity contribution is 5.71. The Morgan fingerprint density at radius 3 is 0.771 bits per heavy atom. The Morgan fingerprint density at radius 2 is 0.482 bits per heavy atom. The lowest BCUT2D eigenvalue weighted by molar-refractivity contribution is -0.167. The Bertz CT molecular complexity index is 1660. The summed E-state index contributed by atoms with van der Waals surface area (Å²) in [7, 11) is 0. The van der Waals surface area contributed by atoms with E-state index in [9.17, 15) is 14.4 Å². The number of esters is 3. The Hall–Kier alpha value is -3.93. The van der Waals surface area contributed by atoms with Crippen LogP contribution in [0.25, 0.3) is 0 Å². The lowest BCUT2D eigenvalue weighted by Gasteiger charge is -2.18. The molecule has 0 aromatic carbocycles. The van der Waals surface area contributed by atoms with Gasteiger partial charge in [0, 0.05) is 19.3 Å². The first-order valence-electron chi connectivity index (χ1n) is 35.4. The first kappa shape index (κ1) is 79.1. The summed E-state index contributed by atoms with van der Waals surface area (Å²) < 4.78 is 16.9. The first-order valence-corrected chi connectivity index (χ1v) is 35.4. The van der Waals surface area contributed by atoms with E-state index in [1.54, 1.807) is 0 Å². The fraction of sp³-hybridized carbons (Fsp3) is 0.727. The summed E-state index contributed by atoms with van der Waals surface area (Å²) in [6, 6.07) is 0. The molecule has 0 saturated heterocycles. The van der Waals surface area contributed by atoms with Crippen molar-refractivity contribution in [3.63, 3.8) is 0 Å². The number of hydrogen-bond acceptors (Lipinski definition) is 6. The molecule has 0 saturated carbocycles. The molecule has 0 fully saturated rings. The molecule has 0 amide bonds. The van der Waals surface area contributed by atoms with Crippen molar-refractivity contribution in [2.45, 2.75) is 348 Å². The highest BCUT2D eigenvalue weighted by Crippen LogP contribution is 2.18. The summed E-state index contributed by atoms with van der Waals surface area (Å²) in [5.74, 6) is -0.938. The zero-order chi connectivity index (χ0) is 59.9. The summed E-state index contributed by atoms with van der Waals surface area (Å²) in [5.41, 5.74) is 0. The predicted octanol–water partition coefficient (Wildman–Crippen LogP) is 24.6. The van der Waals surface area contributed by atoms with E-state index in [0.29, 0.717) is 19.3 Å². The van der Waals surface area contributed by atoms with Crippen LogP contribution in [-0.4, -0.2) is 37.2 Å². The monoisotopic (exact) mass is 1150 g/mol. The van der Waals surface area contributed by atoms with E-state index in [0.717, 1.165) is 103 Å². The number of rotatable bonds is 64. The molecule has 6 nitrogen and oxygen atoms in total. The average Bonchev–Trinajstić information content (AvgIpc) is 3.49. The molecule has 0 radical (unpaired) electrons. The minimum atomic E-state index is -0.807. The van der Waals surface area contributed by atoms with Gasteiger partial charge in [0.05, 0.1) is 0 Å². The fourth-order valence-electron chi connectivity index (χ4n) is 10.1. The topological polar surface area (TPSA) is 78.9 Å². The van der Waals surface area contributed by atoms with Crippen molar-refractivity contribution < 1.29 is 28.6 Å². The van der Waals surface area contributed by atoms with E-state index in [4.69, 9.17) is 14.2 Å². The van der Waals surface area contributed by atoms with Crippen LogP contribution >= 0.6 is 0 Å². The number of allylic oxidation sites excluding steroid dienone is 18. The minimum absolute atomic E-state index is 0.0960. The molecule has 6 heteroatoms. The van der Waals surface area contributed by atoms with Crippen molar-refractivity contribution in [3.8, 4) is 0 Å². The highest BCUT2D eigenvalue weighted by Gasteiger charge is 2.19. The Labute approximate surface area is 514 Å². The van der Waals surface area contributed by atoms with E-state index < -0.39 is 6.10 Å². The van der Waals surface area contributed by atoms with Gasteiger partial charge in [0.1, 0.15) is 13.2 Å². The van der Waals surface area contributed by atoms with E-state index >= 15 is 0 Å². The molecule has 0 aliphatic carbocycles. The number of unbranched alkanes of at least 4 members (excludes halogenated alkanes) is 35. The molecule has 0 bridgehead atoms. The second kappa shape index (κ2) is 70.6. The van der Waals surface area contributed by atoms with Crippen LogP contribution < -0.4 is 0 Å². The standard InChI is InChI=1S/C77H132O6/c1-4-7-10-13-16-19-22-25-28-30-31-32-33-34-35-36-37-38-39-40-41-42-43-44-45-47-49-52-55-58-61-64-67-70-76(79)82-73-74(72-81-75(78)69-66-63-60-57-54-51-48-27-24-21-18-15-12-9-6-3)83-77(80)71-68-65-62-59-56-53-50-46-29-26-23-20-17-14-11-8-5-2/h7-8,10-11,16-17,19-20,25-26,28-29,31-32,50,53,59,62,74H,4-6,9,12-15,18,21-24,27,30,33-49,51-52,54-58,60-61,63-73H2,1-3H3/b10-7-,11-8-,19-16-,20-17-,28-25-,29-26-,32-31-,53-50-,62-59-. The second-order valence-electron chi connectivity index (χ2n) is 23.4. The van der Waals surface area contributed by atoms with Crippen LogP contribution in [0.1, 0.15) is 342 Å². The van der Waals surface area contributed by atoms with Crippen molar-refractivity contribution >= 4 is 17.9 Å². The Balaban J connectivity index is 4.22. The van der Waals surface area contributed by atoms with Crippen LogP contribution in [0.4, 0.5) is 0 Å². The van der Waals surface area contributed by atoms with Gasteiger partial charge in [0.25, 0.3) is 0 Å². The smallest absolute Gasteiger partial charge is 0.306 e. The molecule has 0 aliphatic heterocycles. The summed E-state index contributed by atoms with van der Waals surface area (Å²) in [6.07, 6.45) is 97.1. The van der Waals surface area contributed by atoms with Gasteiger partial charge < -0.3 is 14.2 Å². The van der Waals surface area contributed by atoms with E-state index in [-0.39, 0.29) is 37.5 Å². The van der Waals surface area contributed by atoms with Crippen molar-refractivity contribution in [3.05, 3.63) is 109 Å². The molecule has 0 heterocycles. The molecule has 1 atom stereocenters. The molecule has 0 rings (SSSR count). The molecular weight excluding hydrogens is 1020 g/mol. The largest absolute Gasteiger partial charge is 0.462 e. The third-order valence-electron chi connectivity index (χ3n) is 15.3. The van der Waals surface area contributed by atoms with Crippen LogP contribution in [0.5, 0.6) is 0 Å². The molecule has 0 aliphatic rings. The number of hydrogen-bond donors (Lipinski definition) is 0. The lowest BCUT2D eigenvalue weighted by atomic mass is 10.0. The van der Waals surface area contributed by atoms with E-state index in [2.05, 4.69) is 130 Å². The van der Waals surface area contributed by atoms with Crippen LogP contribution in [0.2, 0.25) is 0 Å². The quantitative estimate of drug-likeness (QED) is 0.0261.